The summed E-state index contributed by atoms with van der Waals surface area (Å²) in [5.74, 6) is 0. The van der Waals surface area contributed by atoms with Crippen LogP contribution in [0.4, 0.5) is 0 Å². The number of benzene rings is 1. The molecule has 18 heavy (non-hydrogen) atoms. The topological polar surface area (TPSA) is 21.3 Å². The lowest BCUT2D eigenvalue weighted by Gasteiger charge is -2.15. The van der Waals surface area contributed by atoms with E-state index in [1.54, 1.807) is 6.07 Å². The van der Waals surface area contributed by atoms with E-state index in [9.17, 15) is 0 Å². The summed E-state index contributed by atoms with van der Waals surface area (Å²) in [6, 6.07) is 6.28. The molecule has 1 N–H and O–H groups in total. The van der Waals surface area contributed by atoms with E-state index < -0.39 is 0 Å². The van der Waals surface area contributed by atoms with Crippen LogP contribution in [0.2, 0.25) is 10.0 Å². The second kappa shape index (κ2) is 7.34. The zero-order valence-corrected chi connectivity index (χ0v) is 11.9. The Hall–Kier alpha value is -0.280. The summed E-state index contributed by atoms with van der Waals surface area (Å²) < 4.78 is 5.45. The van der Waals surface area contributed by atoms with Crippen LogP contribution in [0.25, 0.3) is 0 Å². The smallest absolute Gasteiger partial charge is 0.0480 e. The molecule has 1 heterocycles. The standard InChI is InChI=1S/C14H19Cl2NO/c15-12-4-3-11(14(16)10-12)5-7-17-13-2-1-8-18-9-6-13/h3-4,10,13,17H,1-2,5-9H2. The third-order valence-electron chi connectivity index (χ3n) is 3.29. The predicted octanol–water partition coefficient (Wildman–Crippen LogP) is 3.69. The zero-order valence-electron chi connectivity index (χ0n) is 10.4. The van der Waals surface area contributed by atoms with Crippen LogP contribution < -0.4 is 5.32 Å². The van der Waals surface area contributed by atoms with Crippen molar-refractivity contribution in [2.24, 2.45) is 0 Å². The normalized spacial score (nSPS) is 20.7. The Bertz CT molecular complexity index is 376. The van der Waals surface area contributed by atoms with Crippen molar-refractivity contribution in [3.63, 3.8) is 0 Å². The maximum Gasteiger partial charge on any atom is 0.0480 e. The molecule has 2 rings (SSSR count). The van der Waals surface area contributed by atoms with Crippen LogP contribution in [-0.4, -0.2) is 25.8 Å². The molecule has 4 heteroatoms. The average molecular weight is 288 g/mol. The van der Waals surface area contributed by atoms with Gasteiger partial charge in [0.2, 0.25) is 0 Å². The Morgan fingerprint density at radius 2 is 2.11 bits per heavy atom. The number of ether oxygens (including phenoxy) is 1. The van der Waals surface area contributed by atoms with Gasteiger partial charge in [-0.1, -0.05) is 29.3 Å². The summed E-state index contributed by atoms with van der Waals surface area (Å²) in [5.41, 5.74) is 1.15. The molecule has 0 amide bonds. The Morgan fingerprint density at radius 1 is 1.22 bits per heavy atom. The molecule has 0 spiro atoms. The second-order valence-electron chi connectivity index (χ2n) is 4.68. The van der Waals surface area contributed by atoms with Gasteiger partial charge in [0, 0.05) is 29.3 Å². The molecule has 0 radical (unpaired) electrons. The van der Waals surface area contributed by atoms with E-state index in [1.165, 1.54) is 6.42 Å². The van der Waals surface area contributed by atoms with Gasteiger partial charge in [-0.15, -0.1) is 0 Å². The van der Waals surface area contributed by atoms with E-state index in [0.29, 0.717) is 11.1 Å². The summed E-state index contributed by atoms with van der Waals surface area (Å²) in [6.45, 7) is 2.73. The highest BCUT2D eigenvalue weighted by Gasteiger charge is 2.11. The van der Waals surface area contributed by atoms with Crippen LogP contribution >= 0.6 is 23.2 Å². The SMILES string of the molecule is Clc1ccc(CCNC2CCCOCC2)c(Cl)c1. The van der Waals surface area contributed by atoms with Gasteiger partial charge in [0.15, 0.2) is 0 Å². The van der Waals surface area contributed by atoms with Crippen LogP contribution in [0.15, 0.2) is 18.2 Å². The maximum absolute atomic E-state index is 6.14. The Morgan fingerprint density at radius 3 is 2.94 bits per heavy atom. The fourth-order valence-corrected chi connectivity index (χ4v) is 2.75. The first kappa shape index (κ1) is 14.1. The van der Waals surface area contributed by atoms with Crippen molar-refractivity contribution >= 4 is 23.2 Å². The highest BCUT2D eigenvalue weighted by Crippen LogP contribution is 2.21. The quantitative estimate of drug-likeness (QED) is 0.912. The first-order valence-electron chi connectivity index (χ1n) is 6.51. The minimum absolute atomic E-state index is 0.582. The summed E-state index contributed by atoms with van der Waals surface area (Å²) in [6.07, 6.45) is 4.40. The lowest BCUT2D eigenvalue weighted by Crippen LogP contribution is -2.31. The molecule has 0 aromatic heterocycles. The molecule has 1 aromatic carbocycles. The first-order valence-corrected chi connectivity index (χ1v) is 7.26. The minimum atomic E-state index is 0.582. The number of hydrogen-bond acceptors (Lipinski definition) is 2. The predicted molar refractivity (Wildman–Crippen MR) is 76.6 cm³/mol. The van der Waals surface area contributed by atoms with Crippen LogP contribution in [-0.2, 0) is 11.2 Å². The van der Waals surface area contributed by atoms with E-state index >= 15 is 0 Å². The fraction of sp³-hybridized carbons (Fsp3) is 0.571. The van der Waals surface area contributed by atoms with Crippen molar-refractivity contribution in [1.82, 2.24) is 5.32 Å². The van der Waals surface area contributed by atoms with Crippen molar-refractivity contribution < 1.29 is 4.74 Å². The second-order valence-corrected chi connectivity index (χ2v) is 5.52. The van der Waals surface area contributed by atoms with Gasteiger partial charge < -0.3 is 10.1 Å². The van der Waals surface area contributed by atoms with Gasteiger partial charge in [0.05, 0.1) is 0 Å². The molecule has 1 unspecified atom stereocenters. The van der Waals surface area contributed by atoms with Gasteiger partial charge in [-0.05, 0) is 49.9 Å². The molecule has 1 aromatic rings. The Kier molecular flexibility index (Phi) is 5.77. The highest BCUT2D eigenvalue weighted by molar-refractivity contribution is 6.35. The third-order valence-corrected chi connectivity index (χ3v) is 3.88. The van der Waals surface area contributed by atoms with Crippen LogP contribution in [0.1, 0.15) is 24.8 Å². The number of hydrogen-bond donors (Lipinski definition) is 1. The molecular formula is C14H19Cl2NO. The lowest BCUT2D eigenvalue weighted by molar-refractivity contribution is 0.142. The van der Waals surface area contributed by atoms with E-state index in [4.69, 9.17) is 27.9 Å². The molecule has 0 saturated carbocycles. The van der Waals surface area contributed by atoms with Crippen molar-refractivity contribution in [3.05, 3.63) is 33.8 Å². The number of nitrogens with one attached hydrogen (secondary N) is 1. The molecule has 1 saturated heterocycles. The van der Waals surface area contributed by atoms with Crippen LogP contribution in [0, 0.1) is 0 Å². The molecule has 1 atom stereocenters. The Labute approximate surface area is 119 Å². The van der Waals surface area contributed by atoms with Gasteiger partial charge in [0.25, 0.3) is 0 Å². The van der Waals surface area contributed by atoms with Crippen LogP contribution in [0.3, 0.4) is 0 Å². The summed E-state index contributed by atoms with van der Waals surface area (Å²) in [5, 5.41) is 5.03. The molecule has 1 fully saturated rings. The Balaban J connectivity index is 1.77. The monoisotopic (exact) mass is 287 g/mol. The van der Waals surface area contributed by atoms with Crippen LogP contribution in [0.5, 0.6) is 0 Å². The van der Waals surface area contributed by atoms with E-state index in [2.05, 4.69) is 5.32 Å². The van der Waals surface area contributed by atoms with Gasteiger partial charge in [-0.2, -0.15) is 0 Å². The summed E-state index contributed by atoms with van der Waals surface area (Å²) in [4.78, 5) is 0. The number of rotatable bonds is 4. The van der Waals surface area contributed by atoms with Gasteiger partial charge >= 0.3 is 0 Å². The lowest BCUT2D eigenvalue weighted by atomic mass is 10.1. The molecule has 2 nitrogen and oxygen atoms in total. The van der Waals surface area contributed by atoms with Crippen molar-refractivity contribution in [3.8, 4) is 0 Å². The average Bonchev–Trinajstić information content (AvgIpc) is 2.60. The molecule has 100 valence electrons. The number of halogens is 2. The van der Waals surface area contributed by atoms with Crippen molar-refractivity contribution in [2.45, 2.75) is 31.7 Å². The fourth-order valence-electron chi connectivity index (χ4n) is 2.24. The van der Waals surface area contributed by atoms with E-state index in [-0.39, 0.29) is 0 Å². The molecule has 1 aliphatic heterocycles. The summed E-state index contributed by atoms with van der Waals surface area (Å²) >= 11 is 12.0. The largest absolute Gasteiger partial charge is 0.381 e. The third kappa shape index (κ3) is 4.43. The maximum atomic E-state index is 6.14. The zero-order chi connectivity index (χ0) is 12.8. The molecule has 0 bridgehead atoms. The summed E-state index contributed by atoms with van der Waals surface area (Å²) in [7, 11) is 0. The van der Waals surface area contributed by atoms with E-state index in [0.717, 1.165) is 49.6 Å². The molecule has 1 aliphatic rings. The minimum Gasteiger partial charge on any atom is -0.381 e. The first-order chi connectivity index (χ1) is 8.75. The van der Waals surface area contributed by atoms with Gasteiger partial charge in [0.1, 0.15) is 0 Å². The van der Waals surface area contributed by atoms with Gasteiger partial charge in [-0.3, -0.25) is 0 Å². The highest BCUT2D eigenvalue weighted by atomic mass is 35.5. The molecular weight excluding hydrogens is 269 g/mol. The molecule has 0 aliphatic carbocycles. The van der Waals surface area contributed by atoms with Crippen molar-refractivity contribution in [1.29, 1.82) is 0 Å². The van der Waals surface area contributed by atoms with E-state index in [1.807, 2.05) is 12.1 Å². The van der Waals surface area contributed by atoms with Crippen molar-refractivity contribution in [2.75, 3.05) is 19.8 Å². The van der Waals surface area contributed by atoms with Gasteiger partial charge in [-0.25, -0.2) is 0 Å².